The molecule has 2 heterocycles. The smallest absolute Gasteiger partial charge is 0.0669 e. The lowest BCUT2D eigenvalue weighted by Crippen LogP contribution is -2.09. The number of hydrogen-bond donors (Lipinski definition) is 1. The first-order valence-corrected chi connectivity index (χ1v) is 5.99. The molecule has 2 rings (SSSR count). The fourth-order valence-corrected chi connectivity index (χ4v) is 3.03. The van der Waals surface area contributed by atoms with Crippen molar-refractivity contribution < 1.29 is 0 Å². The monoisotopic (exact) mass is 265 g/mol. The molecule has 0 amide bonds. The zero-order valence-corrected chi connectivity index (χ0v) is 10.3. The average molecular weight is 266 g/mol. The molecule has 0 aliphatic carbocycles. The molecule has 0 aliphatic rings. The third-order valence-corrected chi connectivity index (χ3v) is 3.97. The summed E-state index contributed by atoms with van der Waals surface area (Å²) in [6, 6.07) is 3.85. The molecule has 1 atom stereocenters. The SMILES string of the molecule is Cl.N[C@@H](c1ccsc1)c1sccc1Cl. The average Bonchev–Trinajstić information content (AvgIpc) is 2.72. The van der Waals surface area contributed by atoms with Crippen molar-refractivity contribution in [1.82, 2.24) is 0 Å². The maximum absolute atomic E-state index is 6.04. The Morgan fingerprint density at radius 1 is 1.29 bits per heavy atom. The molecule has 0 radical (unpaired) electrons. The summed E-state index contributed by atoms with van der Waals surface area (Å²) >= 11 is 9.24. The maximum atomic E-state index is 6.04. The minimum absolute atomic E-state index is 0. The van der Waals surface area contributed by atoms with Gasteiger partial charge in [0.05, 0.1) is 11.1 Å². The van der Waals surface area contributed by atoms with Crippen LogP contribution in [-0.2, 0) is 0 Å². The maximum Gasteiger partial charge on any atom is 0.0669 e. The van der Waals surface area contributed by atoms with E-state index in [2.05, 4.69) is 5.38 Å². The lowest BCUT2D eigenvalue weighted by molar-refractivity contribution is 0.900. The van der Waals surface area contributed by atoms with Gasteiger partial charge in [-0.25, -0.2) is 0 Å². The molecule has 5 heteroatoms. The molecule has 0 aliphatic heterocycles. The van der Waals surface area contributed by atoms with Gasteiger partial charge in [0.25, 0.3) is 0 Å². The van der Waals surface area contributed by atoms with E-state index in [9.17, 15) is 0 Å². The van der Waals surface area contributed by atoms with Gasteiger partial charge in [0, 0.05) is 4.88 Å². The molecule has 0 saturated carbocycles. The van der Waals surface area contributed by atoms with Gasteiger partial charge in [-0.15, -0.1) is 23.7 Å². The number of hydrogen-bond acceptors (Lipinski definition) is 3. The van der Waals surface area contributed by atoms with Crippen molar-refractivity contribution in [1.29, 1.82) is 0 Å². The van der Waals surface area contributed by atoms with Crippen LogP contribution in [-0.4, -0.2) is 0 Å². The highest BCUT2D eigenvalue weighted by atomic mass is 35.5. The Hall–Kier alpha value is -0.0600. The molecular formula is C9H9Cl2NS2. The third-order valence-electron chi connectivity index (χ3n) is 1.83. The van der Waals surface area contributed by atoms with E-state index in [4.69, 9.17) is 17.3 Å². The van der Waals surface area contributed by atoms with E-state index in [-0.39, 0.29) is 18.4 Å². The van der Waals surface area contributed by atoms with E-state index >= 15 is 0 Å². The Balaban J connectivity index is 0.000000980. The summed E-state index contributed by atoms with van der Waals surface area (Å²) < 4.78 is 0. The summed E-state index contributed by atoms with van der Waals surface area (Å²) in [6.07, 6.45) is 0. The van der Waals surface area contributed by atoms with Crippen LogP contribution < -0.4 is 5.73 Å². The molecule has 2 aromatic heterocycles. The third kappa shape index (κ3) is 2.30. The first-order chi connectivity index (χ1) is 6.29. The molecule has 0 unspecified atom stereocenters. The van der Waals surface area contributed by atoms with Crippen LogP contribution in [0.15, 0.2) is 28.3 Å². The second kappa shape index (κ2) is 5.14. The van der Waals surface area contributed by atoms with E-state index in [1.54, 1.807) is 22.7 Å². The highest BCUT2D eigenvalue weighted by Gasteiger charge is 2.13. The quantitative estimate of drug-likeness (QED) is 0.875. The molecule has 76 valence electrons. The van der Waals surface area contributed by atoms with Crippen LogP contribution in [0.5, 0.6) is 0 Å². The predicted octanol–water partition coefficient (Wildman–Crippen LogP) is 3.93. The first kappa shape index (κ1) is 12.0. The van der Waals surface area contributed by atoms with Gasteiger partial charge in [-0.3, -0.25) is 0 Å². The Kier molecular flexibility index (Phi) is 4.41. The van der Waals surface area contributed by atoms with Crippen LogP contribution in [0.3, 0.4) is 0 Å². The van der Waals surface area contributed by atoms with Gasteiger partial charge in [-0.2, -0.15) is 11.3 Å². The van der Waals surface area contributed by atoms with Crippen LogP contribution in [0.4, 0.5) is 0 Å². The lowest BCUT2D eigenvalue weighted by Gasteiger charge is -2.07. The second-order valence-corrected chi connectivity index (χ2v) is 4.80. The highest BCUT2D eigenvalue weighted by Crippen LogP contribution is 2.31. The number of halogens is 2. The highest BCUT2D eigenvalue weighted by molar-refractivity contribution is 7.10. The van der Waals surface area contributed by atoms with Crippen LogP contribution in [0.25, 0.3) is 0 Å². The van der Waals surface area contributed by atoms with Gasteiger partial charge in [0.2, 0.25) is 0 Å². The largest absolute Gasteiger partial charge is 0.320 e. The van der Waals surface area contributed by atoms with Gasteiger partial charge in [-0.1, -0.05) is 11.6 Å². The van der Waals surface area contributed by atoms with E-state index in [0.717, 1.165) is 15.5 Å². The Morgan fingerprint density at radius 3 is 2.57 bits per heavy atom. The summed E-state index contributed by atoms with van der Waals surface area (Å²) in [5, 5.41) is 6.81. The first-order valence-electron chi connectivity index (χ1n) is 3.79. The van der Waals surface area contributed by atoms with Crippen molar-refractivity contribution in [2.45, 2.75) is 6.04 Å². The molecule has 0 fully saturated rings. The number of nitrogens with two attached hydrogens (primary N) is 1. The Bertz CT molecular complexity index is 383. The fraction of sp³-hybridized carbons (Fsp3) is 0.111. The predicted molar refractivity (Wildman–Crippen MR) is 66.9 cm³/mol. The Labute approximate surface area is 102 Å². The summed E-state index contributed by atoms with van der Waals surface area (Å²) in [4.78, 5) is 1.04. The van der Waals surface area contributed by atoms with E-state index in [1.165, 1.54) is 0 Å². The molecule has 2 aromatic rings. The number of rotatable bonds is 2. The van der Waals surface area contributed by atoms with Crippen molar-refractivity contribution in [3.05, 3.63) is 43.7 Å². The van der Waals surface area contributed by atoms with Crippen LogP contribution >= 0.6 is 46.7 Å². The summed E-state index contributed by atoms with van der Waals surface area (Å²) in [5.74, 6) is 0. The molecule has 0 spiro atoms. The van der Waals surface area contributed by atoms with E-state index in [0.29, 0.717) is 0 Å². The molecule has 0 bridgehead atoms. The lowest BCUT2D eigenvalue weighted by atomic mass is 10.1. The second-order valence-electron chi connectivity index (χ2n) is 2.67. The molecule has 0 saturated heterocycles. The van der Waals surface area contributed by atoms with E-state index in [1.807, 2.05) is 22.9 Å². The van der Waals surface area contributed by atoms with Gasteiger partial charge in [0.15, 0.2) is 0 Å². The van der Waals surface area contributed by atoms with Crippen LogP contribution in [0.1, 0.15) is 16.5 Å². The minimum atomic E-state index is -0.0706. The molecule has 14 heavy (non-hydrogen) atoms. The van der Waals surface area contributed by atoms with Crippen LogP contribution in [0.2, 0.25) is 5.02 Å². The molecular weight excluding hydrogens is 257 g/mol. The topological polar surface area (TPSA) is 26.0 Å². The minimum Gasteiger partial charge on any atom is -0.320 e. The standard InChI is InChI=1S/C9H8ClNS2.ClH/c10-7-2-4-13-9(7)8(11)6-1-3-12-5-6;/h1-5,8H,11H2;1H/t8-;/m0./s1. The van der Waals surface area contributed by atoms with Crippen LogP contribution in [0, 0.1) is 0 Å². The van der Waals surface area contributed by atoms with Gasteiger partial charge >= 0.3 is 0 Å². The van der Waals surface area contributed by atoms with Crippen molar-refractivity contribution in [3.8, 4) is 0 Å². The van der Waals surface area contributed by atoms with Crippen molar-refractivity contribution in [2.75, 3.05) is 0 Å². The summed E-state index contributed by atoms with van der Waals surface area (Å²) in [5.41, 5.74) is 7.17. The van der Waals surface area contributed by atoms with Crippen molar-refractivity contribution in [2.24, 2.45) is 5.73 Å². The van der Waals surface area contributed by atoms with Crippen molar-refractivity contribution in [3.63, 3.8) is 0 Å². The summed E-state index contributed by atoms with van der Waals surface area (Å²) in [6.45, 7) is 0. The van der Waals surface area contributed by atoms with Gasteiger partial charge < -0.3 is 5.73 Å². The van der Waals surface area contributed by atoms with Crippen molar-refractivity contribution >= 4 is 46.7 Å². The molecule has 1 nitrogen and oxygen atoms in total. The van der Waals surface area contributed by atoms with Gasteiger partial charge in [0.1, 0.15) is 0 Å². The number of thiophene rings is 2. The normalized spacial score (nSPS) is 12.1. The zero-order valence-electron chi connectivity index (χ0n) is 7.14. The molecule has 0 aromatic carbocycles. The van der Waals surface area contributed by atoms with Gasteiger partial charge in [-0.05, 0) is 33.8 Å². The molecule has 2 N–H and O–H groups in total. The fourth-order valence-electron chi connectivity index (χ4n) is 1.13. The summed E-state index contributed by atoms with van der Waals surface area (Å²) in [7, 11) is 0. The van der Waals surface area contributed by atoms with E-state index < -0.39 is 0 Å². The Morgan fingerprint density at radius 2 is 2.07 bits per heavy atom. The zero-order chi connectivity index (χ0) is 9.26.